The Morgan fingerprint density at radius 2 is 2.05 bits per heavy atom. The van der Waals surface area contributed by atoms with E-state index in [4.69, 9.17) is 21.1 Å². The maximum absolute atomic E-state index is 6.15. The zero-order valence-corrected chi connectivity index (χ0v) is 12.8. The molecule has 5 heteroatoms. The largest absolute Gasteiger partial charge is 0.486 e. The van der Waals surface area contributed by atoms with Crippen LogP contribution >= 0.6 is 11.6 Å². The molecule has 1 N–H and O–H groups in total. The SMILES string of the molecule is CCC(Cl)CCNc1nccc2cc3c(cc12)OCCO3. The molecule has 0 saturated carbocycles. The summed E-state index contributed by atoms with van der Waals surface area (Å²) in [6, 6.07) is 5.99. The summed E-state index contributed by atoms with van der Waals surface area (Å²) in [5.41, 5.74) is 0. The lowest BCUT2D eigenvalue weighted by Crippen LogP contribution is -2.15. The van der Waals surface area contributed by atoms with Crippen molar-refractivity contribution >= 4 is 28.2 Å². The molecule has 1 aromatic heterocycles. The standard InChI is InChI=1S/C16H19ClN2O2/c1-2-12(17)4-6-19-16-13-10-15-14(20-7-8-21-15)9-11(13)3-5-18-16/h3,5,9-10,12H,2,4,6-8H2,1H3,(H,18,19). The molecule has 0 fully saturated rings. The van der Waals surface area contributed by atoms with E-state index in [1.807, 2.05) is 18.2 Å². The van der Waals surface area contributed by atoms with Gasteiger partial charge in [0.15, 0.2) is 11.5 Å². The number of pyridine rings is 1. The minimum atomic E-state index is 0.206. The van der Waals surface area contributed by atoms with Crippen LogP contribution in [0.2, 0.25) is 0 Å². The summed E-state index contributed by atoms with van der Waals surface area (Å²) in [7, 11) is 0. The molecule has 0 aliphatic carbocycles. The Labute approximate surface area is 129 Å². The summed E-state index contributed by atoms with van der Waals surface area (Å²) in [5.74, 6) is 2.45. The number of nitrogens with one attached hydrogen (secondary N) is 1. The lowest BCUT2D eigenvalue weighted by Gasteiger charge is -2.19. The van der Waals surface area contributed by atoms with Crippen LogP contribution in [-0.2, 0) is 0 Å². The highest BCUT2D eigenvalue weighted by Crippen LogP contribution is 2.36. The molecule has 0 radical (unpaired) electrons. The molecule has 1 unspecified atom stereocenters. The van der Waals surface area contributed by atoms with Crippen LogP contribution in [-0.4, -0.2) is 30.1 Å². The number of alkyl halides is 1. The fourth-order valence-corrected chi connectivity index (χ4v) is 2.51. The molecular formula is C16H19ClN2O2. The molecule has 2 aromatic rings. The normalized spacial score (nSPS) is 15.0. The number of fused-ring (bicyclic) bond motifs is 2. The van der Waals surface area contributed by atoms with Gasteiger partial charge in [-0.05, 0) is 36.4 Å². The van der Waals surface area contributed by atoms with Gasteiger partial charge in [0, 0.05) is 23.5 Å². The minimum absolute atomic E-state index is 0.206. The average Bonchev–Trinajstić information content (AvgIpc) is 2.53. The van der Waals surface area contributed by atoms with E-state index in [9.17, 15) is 0 Å². The van der Waals surface area contributed by atoms with E-state index in [-0.39, 0.29) is 5.38 Å². The van der Waals surface area contributed by atoms with Gasteiger partial charge in [0.2, 0.25) is 0 Å². The Morgan fingerprint density at radius 3 is 2.81 bits per heavy atom. The highest BCUT2D eigenvalue weighted by atomic mass is 35.5. The van der Waals surface area contributed by atoms with Gasteiger partial charge >= 0.3 is 0 Å². The van der Waals surface area contributed by atoms with Crippen molar-refractivity contribution in [2.24, 2.45) is 0 Å². The molecule has 21 heavy (non-hydrogen) atoms. The summed E-state index contributed by atoms with van der Waals surface area (Å²) < 4.78 is 11.3. The van der Waals surface area contributed by atoms with Gasteiger partial charge in [-0.15, -0.1) is 11.6 Å². The molecule has 1 aliphatic rings. The molecule has 1 aromatic carbocycles. The number of halogens is 1. The van der Waals surface area contributed by atoms with Gasteiger partial charge in [0.05, 0.1) is 0 Å². The zero-order valence-electron chi connectivity index (χ0n) is 12.1. The molecule has 2 heterocycles. The van der Waals surface area contributed by atoms with Gasteiger partial charge in [-0.1, -0.05) is 6.92 Å². The average molecular weight is 307 g/mol. The first-order valence-corrected chi connectivity index (χ1v) is 7.78. The highest BCUT2D eigenvalue weighted by molar-refractivity contribution is 6.20. The fraction of sp³-hybridized carbons (Fsp3) is 0.438. The van der Waals surface area contributed by atoms with E-state index in [1.165, 1.54) is 0 Å². The van der Waals surface area contributed by atoms with Gasteiger partial charge in [-0.3, -0.25) is 0 Å². The lowest BCUT2D eigenvalue weighted by atomic mass is 10.1. The highest BCUT2D eigenvalue weighted by Gasteiger charge is 2.14. The van der Waals surface area contributed by atoms with Crippen LogP contribution in [0.15, 0.2) is 24.4 Å². The van der Waals surface area contributed by atoms with Crippen LogP contribution in [0, 0.1) is 0 Å². The molecular weight excluding hydrogens is 288 g/mol. The summed E-state index contributed by atoms with van der Waals surface area (Å²) in [6.45, 7) is 4.09. The van der Waals surface area contributed by atoms with Gasteiger partial charge < -0.3 is 14.8 Å². The Kier molecular flexibility index (Phi) is 4.34. The molecule has 1 atom stereocenters. The van der Waals surface area contributed by atoms with Crippen LogP contribution in [0.1, 0.15) is 19.8 Å². The molecule has 1 aliphatic heterocycles. The monoisotopic (exact) mass is 306 g/mol. The summed E-state index contributed by atoms with van der Waals surface area (Å²) in [5, 5.41) is 5.71. The Bertz CT molecular complexity index is 633. The molecule has 0 bridgehead atoms. The number of rotatable bonds is 5. The van der Waals surface area contributed by atoms with Crippen molar-refractivity contribution in [1.29, 1.82) is 0 Å². The lowest BCUT2D eigenvalue weighted by molar-refractivity contribution is 0.172. The molecule has 3 rings (SSSR count). The van der Waals surface area contributed by atoms with Crippen LogP contribution < -0.4 is 14.8 Å². The van der Waals surface area contributed by atoms with Gasteiger partial charge in [-0.2, -0.15) is 0 Å². The maximum Gasteiger partial charge on any atom is 0.162 e. The van der Waals surface area contributed by atoms with Crippen LogP contribution in [0.4, 0.5) is 5.82 Å². The summed E-state index contributed by atoms with van der Waals surface area (Å²) in [4.78, 5) is 4.43. The number of hydrogen-bond donors (Lipinski definition) is 1. The van der Waals surface area contributed by atoms with Crippen molar-refractivity contribution in [2.45, 2.75) is 25.1 Å². The van der Waals surface area contributed by atoms with Crippen molar-refractivity contribution in [2.75, 3.05) is 25.1 Å². The molecule has 0 amide bonds. The predicted octanol–water partition coefficient (Wildman–Crippen LogP) is 3.83. The van der Waals surface area contributed by atoms with E-state index in [1.54, 1.807) is 6.20 Å². The maximum atomic E-state index is 6.15. The van der Waals surface area contributed by atoms with Gasteiger partial charge in [0.1, 0.15) is 19.0 Å². The van der Waals surface area contributed by atoms with E-state index < -0.39 is 0 Å². The number of nitrogens with zero attached hydrogens (tertiary/aromatic N) is 1. The Hall–Kier alpha value is -1.68. The third-order valence-electron chi connectivity index (χ3n) is 3.62. The zero-order chi connectivity index (χ0) is 14.7. The Balaban J connectivity index is 1.85. The van der Waals surface area contributed by atoms with E-state index >= 15 is 0 Å². The second-order valence-corrected chi connectivity index (χ2v) is 5.71. The third-order valence-corrected chi connectivity index (χ3v) is 4.15. The second kappa shape index (κ2) is 6.39. The Morgan fingerprint density at radius 1 is 1.29 bits per heavy atom. The van der Waals surface area contributed by atoms with Gasteiger partial charge in [-0.25, -0.2) is 4.98 Å². The number of aromatic nitrogens is 1. The first-order chi connectivity index (χ1) is 10.3. The van der Waals surface area contributed by atoms with Crippen molar-refractivity contribution in [3.05, 3.63) is 24.4 Å². The van der Waals surface area contributed by atoms with Crippen molar-refractivity contribution in [3.8, 4) is 11.5 Å². The van der Waals surface area contributed by atoms with Crippen LogP contribution in [0.3, 0.4) is 0 Å². The topological polar surface area (TPSA) is 43.4 Å². The van der Waals surface area contributed by atoms with Gasteiger partial charge in [0.25, 0.3) is 0 Å². The number of anilines is 1. The van der Waals surface area contributed by atoms with Crippen molar-refractivity contribution in [3.63, 3.8) is 0 Å². The quantitative estimate of drug-likeness (QED) is 0.853. The van der Waals surface area contributed by atoms with Crippen LogP contribution in [0.25, 0.3) is 10.8 Å². The third kappa shape index (κ3) is 3.16. The smallest absolute Gasteiger partial charge is 0.162 e. The number of hydrogen-bond acceptors (Lipinski definition) is 4. The van der Waals surface area contributed by atoms with Crippen molar-refractivity contribution < 1.29 is 9.47 Å². The number of ether oxygens (including phenoxy) is 2. The molecule has 0 saturated heterocycles. The second-order valence-electron chi connectivity index (χ2n) is 5.10. The van der Waals surface area contributed by atoms with E-state index in [0.717, 1.165) is 47.5 Å². The first kappa shape index (κ1) is 14.3. The molecule has 4 nitrogen and oxygen atoms in total. The summed E-state index contributed by atoms with van der Waals surface area (Å²) in [6.07, 6.45) is 3.70. The summed E-state index contributed by atoms with van der Waals surface area (Å²) >= 11 is 6.15. The first-order valence-electron chi connectivity index (χ1n) is 7.34. The van der Waals surface area contributed by atoms with E-state index in [2.05, 4.69) is 17.2 Å². The molecule has 112 valence electrons. The number of benzene rings is 1. The van der Waals surface area contributed by atoms with E-state index in [0.29, 0.717) is 13.2 Å². The fourth-order valence-electron chi connectivity index (χ4n) is 2.40. The van der Waals surface area contributed by atoms with Crippen LogP contribution in [0.5, 0.6) is 11.5 Å². The van der Waals surface area contributed by atoms with Crippen molar-refractivity contribution in [1.82, 2.24) is 4.98 Å². The molecule has 0 spiro atoms. The predicted molar refractivity (Wildman–Crippen MR) is 85.8 cm³/mol. The minimum Gasteiger partial charge on any atom is -0.486 e.